The third-order valence-electron chi connectivity index (χ3n) is 3.73. The Kier molecular flexibility index (Phi) is 7.89. The molecule has 2 aromatic carbocycles. The van der Waals surface area contributed by atoms with E-state index in [0.29, 0.717) is 16.9 Å². The van der Waals surface area contributed by atoms with Crippen LogP contribution in [-0.2, 0) is 25.6 Å². The number of aromatic nitrogens is 2. The minimum absolute atomic E-state index is 0.0682. The first kappa shape index (κ1) is 24.5. The molecule has 0 aliphatic rings. The van der Waals surface area contributed by atoms with Crippen LogP contribution in [-0.4, -0.2) is 27.1 Å². The van der Waals surface area contributed by atoms with Gasteiger partial charge in [-0.1, -0.05) is 52.3 Å². The predicted octanol–water partition coefficient (Wildman–Crippen LogP) is 4.09. The van der Waals surface area contributed by atoms with E-state index in [4.69, 9.17) is 17.4 Å². The lowest BCUT2D eigenvalue weighted by atomic mass is 10.4. The van der Waals surface area contributed by atoms with Gasteiger partial charge in [-0.15, -0.1) is 0 Å². The van der Waals surface area contributed by atoms with E-state index in [-0.39, 0.29) is 21.6 Å². The van der Waals surface area contributed by atoms with Crippen LogP contribution in [0, 0.1) is 6.92 Å². The SMILES string of the molecule is Cc1cc(OS(=O)(=O)c2ccccc2)no1.O=S(=O)(Oc1cc(CBr)on1)c1ccccc1. The molecule has 2 heterocycles. The van der Waals surface area contributed by atoms with Crippen LogP contribution in [0.3, 0.4) is 0 Å². The third kappa shape index (κ3) is 6.91. The number of rotatable bonds is 7. The van der Waals surface area contributed by atoms with Crippen LogP contribution >= 0.6 is 15.9 Å². The lowest BCUT2D eigenvalue weighted by molar-refractivity contribution is 0.367. The smallest absolute Gasteiger partial charge is 0.340 e. The van der Waals surface area contributed by atoms with Crippen LogP contribution in [0.1, 0.15) is 11.5 Å². The van der Waals surface area contributed by atoms with Gasteiger partial charge >= 0.3 is 20.2 Å². The number of benzene rings is 2. The summed E-state index contributed by atoms with van der Waals surface area (Å²) >= 11 is 3.16. The minimum atomic E-state index is -3.85. The van der Waals surface area contributed by atoms with Crippen LogP contribution in [0.25, 0.3) is 0 Å². The predicted molar refractivity (Wildman–Crippen MR) is 119 cm³/mol. The van der Waals surface area contributed by atoms with Crippen molar-refractivity contribution in [3.05, 3.63) is 84.3 Å². The summed E-state index contributed by atoms with van der Waals surface area (Å²) in [5, 5.41) is 7.38. The Labute approximate surface area is 198 Å². The Bertz CT molecular complexity index is 1390. The molecule has 4 aromatic rings. The van der Waals surface area contributed by atoms with Crippen molar-refractivity contribution < 1.29 is 34.2 Å². The molecule has 0 aliphatic heterocycles. The second-order valence-corrected chi connectivity index (χ2v) is 9.90. The van der Waals surface area contributed by atoms with E-state index in [9.17, 15) is 16.8 Å². The van der Waals surface area contributed by atoms with Crippen LogP contribution < -0.4 is 8.37 Å². The van der Waals surface area contributed by atoms with Gasteiger partial charge in [0.1, 0.15) is 15.6 Å². The van der Waals surface area contributed by atoms with Crippen molar-refractivity contribution in [1.82, 2.24) is 10.3 Å². The molecule has 0 aliphatic carbocycles. The Morgan fingerprint density at radius 1 is 0.758 bits per heavy atom. The third-order valence-corrected chi connectivity index (χ3v) is 6.76. The first-order valence-electron chi connectivity index (χ1n) is 9.13. The molecule has 10 nitrogen and oxygen atoms in total. The highest BCUT2D eigenvalue weighted by Crippen LogP contribution is 2.20. The Morgan fingerprint density at radius 2 is 1.21 bits per heavy atom. The van der Waals surface area contributed by atoms with E-state index in [1.165, 1.54) is 36.4 Å². The van der Waals surface area contributed by atoms with Crippen molar-refractivity contribution in [2.24, 2.45) is 0 Å². The van der Waals surface area contributed by atoms with Crippen molar-refractivity contribution in [2.45, 2.75) is 22.0 Å². The van der Waals surface area contributed by atoms with Gasteiger partial charge in [-0.05, 0) is 41.5 Å². The topological polar surface area (TPSA) is 139 Å². The normalized spacial score (nSPS) is 11.3. The van der Waals surface area contributed by atoms with Gasteiger partial charge in [-0.25, -0.2) is 0 Å². The van der Waals surface area contributed by atoms with E-state index < -0.39 is 20.2 Å². The van der Waals surface area contributed by atoms with E-state index in [1.54, 1.807) is 43.3 Å². The number of alkyl halides is 1. The molecule has 0 spiro atoms. The summed E-state index contributed by atoms with van der Waals surface area (Å²) in [5.41, 5.74) is 0. The molecule has 0 saturated carbocycles. The maximum atomic E-state index is 11.8. The summed E-state index contributed by atoms with van der Waals surface area (Å²) in [6, 6.07) is 18.5. The maximum Gasteiger partial charge on any atom is 0.340 e. The first-order chi connectivity index (χ1) is 15.7. The van der Waals surface area contributed by atoms with Crippen molar-refractivity contribution in [3.8, 4) is 11.8 Å². The maximum absolute atomic E-state index is 11.8. The molecule has 0 saturated heterocycles. The summed E-state index contributed by atoms with van der Waals surface area (Å²) in [6.45, 7) is 1.65. The van der Waals surface area contributed by atoms with Gasteiger partial charge in [0.2, 0.25) is 0 Å². The lowest BCUT2D eigenvalue weighted by Gasteiger charge is -2.02. The van der Waals surface area contributed by atoms with Gasteiger partial charge in [-0.3, -0.25) is 0 Å². The van der Waals surface area contributed by atoms with Gasteiger partial charge in [0.15, 0.2) is 5.76 Å². The average Bonchev–Trinajstić information content (AvgIpc) is 3.43. The fourth-order valence-electron chi connectivity index (χ4n) is 2.27. The number of hydrogen-bond acceptors (Lipinski definition) is 10. The minimum Gasteiger partial charge on any atom is -0.358 e. The highest BCUT2D eigenvalue weighted by Gasteiger charge is 2.19. The van der Waals surface area contributed by atoms with Crippen molar-refractivity contribution in [3.63, 3.8) is 0 Å². The Balaban J connectivity index is 0.000000186. The van der Waals surface area contributed by atoms with Crippen molar-refractivity contribution >= 4 is 36.2 Å². The van der Waals surface area contributed by atoms with Gasteiger partial charge < -0.3 is 17.4 Å². The van der Waals surface area contributed by atoms with Gasteiger partial charge in [0.25, 0.3) is 11.8 Å². The molecule has 0 unspecified atom stereocenters. The molecule has 0 N–H and O–H groups in total. The standard InChI is InChI=1S/C10H8BrNO4S.C10H9NO4S/c11-7-8-6-10(12-15-8)16-17(13,14)9-4-2-1-3-5-9;1-8-7-10(11-14-8)15-16(12,13)9-5-3-2-4-6-9/h1-6H,7H2;2-7H,1H3. The van der Waals surface area contributed by atoms with Crippen LogP contribution in [0.15, 0.2) is 91.6 Å². The van der Waals surface area contributed by atoms with Gasteiger partial charge in [-0.2, -0.15) is 16.8 Å². The average molecular weight is 557 g/mol. The monoisotopic (exact) mass is 556 g/mol. The van der Waals surface area contributed by atoms with Gasteiger partial charge in [0.05, 0.1) is 5.33 Å². The van der Waals surface area contributed by atoms with Gasteiger partial charge in [0, 0.05) is 12.1 Å². The number of aryl methyl sites for hydroxylation is 1. The number of hydrogen-bond donors (Lipinski definition) is 0. The molecule has 33 heavy (non-hydrogen) atoms. The second-order valence-electron chi connectivity index (χ2n) is 6.24. The van der Waals surface area contributed by atoms with E-state index in [0.717, 1.165) is 0 Å². The molecule has 0 amide bonds. The molecule has 4 rings (SSSR count). The molecule has 13 heteroatoms. The highest BCUT2D eigenvalue weighted by atomic mass is 79.9. The zero-order valence-electron chi connectivity index (χ0n) is 17.0. The number of nitrogens with zero attached hydrogens (tertiary/aromatic N) is 2. The molecule has 0 atom stereocenters. The first-order valence-corrected chi connectivity index (χ1v) is 13.1. The highest BCUT2D eigenvalue weighted by molar-refractivity contribution is 9.08. The van der Waals surface area contributed by atoms with Crippen LogP contribution in [0.2, 0.25) is 0 Å². The summed E-state index contributed by atoms with van der Waals surface area (Å²) in [4.78, 5) is 0.152. The number of halogens is 1. The van der Waals surface area contributed by atoms with Crippen LogP contribution in [0.5, 0.6) is 11.8 Å². The fraction of sp³-hybridized carbons (Fsp3) is 0.100. The molecule has 174 valence electrons. The zero-order chi connectivity index (χ0) is 23.9. The molecule has 0 radical (unpaired) electrons. The summed E-state index contributed by atoms with van der Waals surface area (Å²) < 4.78 is 66.1. The second kappa shape index (κ2) is 10.6. The summed E-state index contributed by atoms with van der Waals surface area (Å²) in [5.74, 6) is 0.825. The molecule has 0 bridgehead atoms. The van der Waals surface area contributed by atoms with Crippen molar-refractivity contribution in [2.75, 3.05) is 0 Å². The molecular weight excluding hydrogens is 540 g/mol. The fourth-order valence-corrected chi connectivity index (χ4v) is 4.32. The summed E-state index contributed by atoms with van der Waals surface area (Å²) in [7, 11) is -7.67. The molecule has 2 aromatic heterocycles. The lowest BCUT2D eigenvalue weighted by Crippen LogP contribution is -2.09. The van der Waals surface area contributed by atoms with E-state index in [1.807, 2.05) is 0 Å². The van der Waals surface area contributed by atoms with E-state index >= 15 is 0 Å². The Morgan fingerprint density at radius 3 is 1.61 bits per heavy atom. The van der Waals surface area contributed by atoms with Crippen LogP contribution in [0.4, 0.5) is 0 Å². The molecule has 0 fully saturated rings. The Hall–Kier alpha value is -3.16. The van der Waals surface area contributed by atoms with E-state index in [2.05, 4.69) is 26.2 Å². The zero-order valence-corrected chi connectivity index (χ0v) is 20.2. The molecular formula is C20H17BrN2O8S2. The largest absolute Gasteiger partial charge is 0.358 e. The van der Waals surface area contributed by atoms with Crippen molar-refractivity contribution in [1.29, 1.82) is 0 Å². The summed E-state index contributed by atoms with van der Waals surface area (Å²) in [6.07, 6.45) is 0. The quantitative estimate of drug-likeness (QED) is 0.241.